The van der Waals surface area contributed by atoms with Crippen molar-refractivity contribution in [2.75, 3.05) is 7.11 Å². The molecule has 0 atom stereocenters. The van der Waals surface area contributed by atoms with Gasteiger partial charge in [-0.1, -0.05) is 6.07 Å². The van der Waals surface area contributed by atoms with E-state index in [2.05, 4.69) is 4.98 Å². The molecule has 0 aliphatic heterocycles. The van der Waals surface area contributed by atoms with Crippen molar-refractivity contribution in [1.29, 1.82) is 0 Å². The van der Waals surface area contributed by atoms with Crippen LogP contribution in [0.4, 0.5) is 0 Å². The minimum absolute atomic E-state index is 0. The van der Waals surface area contributed by atoms with Gasteiger partial charge in [-0.05, 0) is 24.3 Å². The van der Waals surface area contributed by atoms with Gasteiger partial charge in [0.2, 0.25) is 0 Å². The molecule has 0 saturated heterocycles. The van der Waals surface area contributed by atoms with Crippen molar-refractivity contribution in [2.24, 2.45) is 0 Å². The van der Waals surface area contributed by atoms with Crippen molar-refractivity contribution in [1.82, 2.24) is 4.98 Å². The van der Waals surface area contributed by atoms with E-state index in [1.54, 1.807) is 13.3 Å². The van der Waals surface area contributed by atoms with E-state index in [0.29, 0.717) is 0 Å². The minimum atomic E-state index is 0. The van der Waals surface area contributed by atoms with E-state index in [1.165, 1.54) is 0 Å². The Balaban J connectivity index is 0.000000845. The first-order chi connectivity index (χ1) is 5.90. The van der Waals surface area contributed by atoms with Crippen molar-refractivity contribution in [3.63, 3.8) is 0 Å². The molecule has 2 rings (SSSR count). The van der Waals surface area contributed by atoms with Crippen LogP contribution in [0.5, 0.6) is 5.75 Å². The molecule has 1 heterocycles. The lowest BCUT2D eigenvalue weighted by molar-refractivity contribution is 0.415. The van der Waals surface area contributed by atoms with Gasteiger partial charge in [0.15, 0.2) is 0 Å². The predicted octanol–water partition coefficient (Wildman–Crippen LogP) is 3.09. The Morgan fingerprint density at radius 3 is 2.64 bits per heavy atom. The molecule has 2 aromatic rings. The molecule has 2 nitrogen and oxygen atoms in total. The van der Waals surface area contributed by atoms with Crippen LogP contribution in [-0.2, 0) is 0 Å². The summed E-state index contributed by atoms with van der Waals surface area (Å²) in [5, 5.41) is 1.11. The Bertz CT molecular complexity index is 406. The van der Waals surface area contributed by atoms with Crippen molar-refractivity contribution in [3.05, 3.63) is 36.5 Å². The fourth-order valence-corrected chi connectivity index (χ4v) is 1.18. The van der Waals surface area contributed by atoms with E-state index in [0.717, 1.165) is 16.7 Å². The number of halogens is 2. The van der Waals surface area contributed by atoms with Crippen molar-refractivity contribution in [3.8, 4) is 5.75 Å². The van der Waals surface area contributed by atoms with Crippen LogP contribution in [0.1, 0.15) is 0 Å². The second-order valence-corrected chi connectivity index (χ2v) is 2.56. The molecule has 0 amide bonds. The molecule has 4 heteroatoms. The topological polar surface area (TPSA) is 22.1 Å². The SMILES string of the molecule is COc1ccc2ncccc2c1.Cl.Cl. The van der Waals surface area contributed by atoms with Crippen LogP contribution >= 0.6 is 24.8 Å². The average molecular weight is 232 g/mol. The van der Waals surface area contributed by atoms with Gasteiger partial charge in [-0.25, -0.2) is 0 Å². The number of benzene rings is 1. The molecule has 76 valence electrons. The van der Waals surface area contributed by atoms with Gasteiger partial charge in [-0.2, -0.15) is 0 Å². The predicted molar refractivity (Wildman–Crippen MR) is 62.8 cm³/mol. The molecule has 0 bridgehead atoms. The number of methoxy groups -OCH3 is 1. The molecule has 0 N–H and O–H groups in total. The highest BCUT2D eigenvalue weighted by atomic mass is 35.5. The third kappa shape index (κ3) is 2.50. The summed E-state index contributed by atoms with van der Waals surface area (Å²) in [5.74, 6) is 0.871. The highest BCUT2D eigenvalue weighted by Crippen LogP contribution is 2.17. The van der Waals surface area contributed by atoms with Gasteiger partial charge < -0.3 is 4.74 Å². The largest absolute Gasteiger partial charge is 0.497 e. The first-order valence-electron chi connectivity index (χ1n) is 3.79. The van der Waals surface area contributed by atoms with Gasteiger partial charge in [0.1, 0.15) is 5.75 Å². The van der Waals surface area contributed by atoms with Gasteiger partial charge in [0, 0.05) is 11.6 Å². The summed E-state index contributed by atoms with van der Waals surface area (Å²) in [6, 6.07) is 9.78. The summed E-state index contributed by atoms with van der Waals surface area (Å²) >= 11 is 0. The Hall–Kier alpha value is -0.990. The molecular weight excluding hydrogens is 221 g/mol. The highest BCUT2D eigenvalue weighted by Gasteiger charge is 1.94. The standard InChI is InChI=1S/C10H9NO.2ClH/c1-12-9-4-5-10-8(7-9)3-2-6-11-10;;/h2-7H,1H3;2*1H. The van der Waals surface area contributed by atoms with Crippen LogP contribution in [0, 0.1) is 0 Å². The summed E-state index contributed by atoms with van der Waals surface area (Å²) in [6.07, 6.45) is 1.79. The monoisotopic (exact) mass is 231 g/mol. The summed E-state index contributed by atoms with van der Waals surface area (Å²) in [7, 11) is 1.66. The van der Waals surface area contributed by atoms with Crippen LogP contribution in [0.2, 0.25) is 0 Å². The Labute approximate surface area is 95.1 Å². The molecule has 0 unspecified atom stereocenters. The molecule has 1 aromatic heterocycles. The van der Waals surface area contributed by atoms with Gasteiger partial charge in [-0.15, -0.1) is 24.8 Å². The number of hydrogen-bond donors (Lipinski definition) is 0. The normalized spacial score (nSPS) is 8.64. The molecule has 1 aromatic carbocycles. The van der Waals surface area contributed by atoms with Crippen LogP contribution in [0.25, 0.3) is 10.9 Å². The molecule has 0 saturated carbocycles. The maximum Gasteiger partial charge on any atom is 0.119 e. The minimum Gasteiger partial charge on any atom is -0.497 e. The first kappa shape index (κ1) is 13.0. The van der Waals surface area contributed by atoms with Crippen molar-refractivity contribution < 1.29 is 4.74 Å². The van der Waals surface area contributed by atoms with E-state index >= 15 is 0 Å². The zero-order chi connectivity index (χ0) is 8.39. The lowest BCUT2D eigenvalue weighted by atomic mass is 10.2. The van der Waals surface area contributed by atoms with E-state index < -0.39 is 0 Å². The zero-order valence-electron chi connectivity index (χ0n) is 7.64. The smallest absolute Gasteiger partial charge is 0.119 e. The third-order valence-electron chi connectivity index (χ3n) is 1.81. The summed E-state index contributed by atoms with van der Waals surface area (Å²) in [5.41, 5.74) is 0.998. The number of hydrogen-bond acceptors (Lipinski definition) is 2. The lowest BCUT2D eigenvalue weighted by Gasteiger charge is -2.00. The van der Waals surface area contributed by atoms with Gasteiger partial charge >= 0.3 is 0 Å². The fourth-order valence-electron chi connectivity index (χ4n) is 1.18. The van der Waals surface area contributed by atoms with Crippen LogP contribution < -0.4 is 4.74 Å². The van der Waals surface area contributed by atoms with E-state index in [9.17, 15) is 0 Å². The van der Waals surface area contributed by atoms with E-state index in [4.69, 9.17) is 4.74 Å². The van der Waals surface area contributed by atoms with Gasteiger partial charge in [0.05, 0.1) is 12.6 Å². The van der Waals surface area contributed by atoms with Crippen LogP contribution in [0.3, 0.4) is 0 Å². The van der Waals surface area contributed by atoms with Crippen LogP contribution in [-0.4, -0.2) is 12.1 Å². The number of rotatable bonds is 1. The third-order valence-corrected chi connectivity index (χ3v) is 1.81. The Morgan fingerprint density at radius 1 is 1.14 bits per heavy atom. The fraction of sp³-hybridized carbons (Fsp3) is 0.100. The second kappa shape index (κ2) is 5.68. The number of fused-ring (bicyclic) bond motifs is 1. The lowest BCUT2D eigenvalue weighted by Crippen LogP contribution is -1.82. The Morgan fingerprint density at radius 2 is 1.93 bits per heavy atom. The molecule has 0 radical (unpaired) electrons. The van der Waals surface area contributed by atoms with E-state index in [1.807, 2.05) is 30.3 Å². The first-order valence-corrected chi connectivity index (χ1v) is 3.79. The molecule has 0 spiro atoms. The zero-order valence-corrected chi connectivity index (χ0v) is 9.27. The molecular formula is C10H11Cl2NO. The van der Waals surface area contributed by atoms with Gasteiger partial charge in [-0.3, -0.25) is 4.98 Å². The summed E-state index contributed by atoms with van der Waals surface area (Å²) in [4.78, 5) is 4.20. The maximum absolute atomic E-state index is 5.09. The highest BCUT2D eigenvalue weighted by molar-refractivity contribution is 5.85. The Kier molecular flexibility index (Phi) is 5.28. The molecule has 0 aliphatic carbocycles. The molecule has 0 fully saturated rings. The molecule has 0 aliphatic rings. The van der Waals surface area contributed by atoms with E-state index in [-0.39, 0.29) is 24.8 Å². The average Bonchev–Trinajstić information content (AvgIpc) is 2.17. The summed E-state index contributed by atoms with van der Waals surface area (Å²) in [6.45, 7) is 0. The van der Waals surface area contributed by atoms with Crippen molar-refractivity contribution in [2.45, 2.75) is 0 Å². The van der Waals surface area contributed by atoms with Gasteiger partial charge in [0.25, 0.3) is 0 Å². The number of aromatic nitrogens is 1. The van der Waals surface area contributed by atoms with Crippen molar-refractivity contribution >= 4 is 35.7 Å². The summed E-state index contributed by atoms with van der Waals surface area (Å²) < 4.78 is 5.09. The number of ether oxygens (including phenoxy) is 1. The quantitative estimate of drug-likeness (QED) is 0.753. The van der Waals surface area contributed by atoms with Crippen LogP contribution in [0.15, 0.2) is 36.5 Å². The number of nitrogens with zero attached hydrogens (tertiary/aromatic N) is 1. The maximum atomic E-state index is 5.09. The molecule has 14 heavy (non-hydrogen) atoms. The second-order valence-electron chi connectivity index (χ2n) is 2.56. The number of pyridine rings is 1.